The van der Waals surface area contributed by atoms with E-state index < -0.39 is 0 Å². The van der Waals surface area contributed by atoms with Gasteiger partial charge in [0.1, 0.15) is 0 Å². The number of benzene rings is 1. The molecular weight excluding hydrogens is 338 g/mol. The Labute approximate surface area is 156 Å². The van der Waals surface area contributed by atoms with Crippen molar-refractivity contribution in [1.82, 2.24) is 15.3 Å². The molecule has 3 aromatic rings. The van der Waals surface area contributed by atoms with Crippen LogP contribution in [0.4, 0.5) is 0 Å². The summed E-state index contributed by atoms with van der Waals surface area (Å²) < 4.78 is 0. The van der Waals surface area contributed by atoms with Crippen LogP contribution in [0.3, 0.4) is 0 Å². The minimum atomic E-state index is -0.389. The van der Waals surface area contributed by atoms with Gasteiger partial charge in [-0.25, -0.2) is 0 Å². The highest BCUT2D eigenvalue weighted by molar-refractivity contribution is 6.35. The summed E-state index contributed by atoms with van der Waals surface area (Å²) in [5.74, 6) is -0.778. The highest BCUT2D eigenvalue weighted by Gasteiger charge is 2.35. The molecule has 0 unspecified atom stereocenters. The Hall–Kier alpha value is -3.60. The number of aromatic amines is 2. The Kier molecular flexibility index (Phi) is 3.73. The third-order valence-corrected chi connectivity index (χ3v) is 4.89. The third kappa shape index (κ3) is 2.11. The van der Waals surface area contributed by atoms with Gasteiger partial charge in [0, 0.05) is 33.3 Å². The average molecular weight is 357 g/mol. The van der Waals surface area contributed by atoms with Gasteiger partial charge in [-0.05, 0) is 26.0 Å². The molecule has 1 aliphatic rings. The Morgan fingerprint density at radius 3 is 1.48 bits per heavy atom. The molecule has 0 saturated heterocycles. The largest absolute Gasteiger partial charge is 0.353 e. The van der Waals surface area contributed by atoms with Crippen LogP contribution in [-0.2, 0) is 0 Å². The number of carbonyl (C=O) groups excluding carboxylic acids is 2. The summed E-state index contributed by atoms with van der Waals surface area (Å²) in [4.78, 5) is 32.1. The Bertz CT molecular complexity index is 1140. The molecule has 0 fully saturated rings. The highest BCUT2D eigenvalue weighted by Crippen LogP contribution is 2.41. The molecule has 0 bridgehead atoms. The van der Waals surface area contributed by atoms with Crippen LogP contribution in [0.2, 0.25) is 0 Å². The summed E-state index contributed by atoms with van der Waals surface area (Å²) in [7, 11) is 0. The van der Waals surface area contributed by atoms with Crippen molar-refractivity contribution < 1.29 is 9.59 Å². The van der Waals surface area contributed by atoms with Crippen LogP contribution in [-0.4, -0.2) is 21.8 Å². The van der Waals surface area contributed by atoms with E-state index in [4.69, 9.17) is 0 Å². The second kappa shape index (κ2) is 5.99. The minimum Gasteiger partial charge on any atom is -0.353 e. The fourth-order valence-corrected chi connectivity index (χ4v) is 3.91. The number of rotatable bonds is 4. The average Bonchev–Trinajstić information content (AvgIpc) is 3.26. The van der Waals surface area contributed by atoms with Gasteiger partial charge in [0.05, 0.1) is 22.2 Å². The van der Waals surface area contributed by atoms with Crippen molar-refractivity contribution in [2.75, 3.05) is 0 Å². The quantitative estimate of drug-likeness (QED) is 0.582. The van der Waals surface area contributed by atoms with E-state index >= 15 is 0 Å². The maximum Gasteiger partial charge on any atom is 0.259 e. The van der Waals surface area contributed by atoms with Crippen molar-refractivity contribution in [3.8, 4) is 0 Å². The number of hydrogen-bond donors (Lipinski definition) is 3. The van der Waals surface area contributed by atoms with Crippen molar-refractivity contribution in [2.24, 2.45) is 0 Å². The van der Waals surface area contributed by atoms with Gasteiger partial charge in [0.2, 0.25) is 0 Å². The minimum absolute atomic E-state index is 0.388. The smallest absolute Gasteiger partial charge is 0.259 e. The monoisotopic (exact) mass is 357 g/mol. The summed E-state index contributed by atoms with van der Waals surface area (Å²) in [6.45, 7) is 11.7. The molecule has 5 heteroatoms. The number of carbonyl (C=O) groups is 2. The summed E-state index contributed by atoms with van der Waals surface area (Å²) in [6, 6.07) is 0. The van der Waals surface area contributed by atoms with E-state index in [0.29, 0.717) is 21.9 Å². The number of amides is 2. The second-order valence-electron chi connectivity index (χ2n) is 6.35. The first-order valence-electron chi connectivity index (χ1n) is 8.70. The van der Waals surface area contributed by atoms with Crippen molar-refractivity contribution >= 4 is 57.9 Å². The molecule has 2 amide bonds. The van der Waals surface area contributed by atoms with E-state index in [1.54, 1.807) is 12.2 Å². The molecule has 0 aliphatic carbocycles. The summed E-state index contributed by atoms with van der Waals surface area (Å²) in [5.41, 5.74) is 5.60. The molecule has 0 atom stereocenters. The van der Waals surface area contributed by atoms with Gasteiger partial charge < -0.3 is 9.97 Å². The molecule has 4 rings (SSSR count). The molecule has 0 spiro atoms. The lowest BCUT2D eigenvalue weighted by atomic mass is 9.95. The zero-order valence-corrected chi connectivity index (χ0v) is 15.2. The Morgan fingerprint density at radius 2 is 1.15 bits per heavy atom. The van der Waals surface area contributed by atoms with Gasteiger partial charge in [-0.3, -0.25) is 14.9 Å². The van der Waals surface area contributed by atoms with Crippen LogP contribution in [0, 0.1) is 0 Å². The number of H-pyrrole nitrogens is 2. The lowest BCUT2D eigenvalue weighted by molar-refractivity contribution is 0.0880. The zero-order valence-electron chi connectivity index (χ0n) is 15.2. The lowest BCUT2D eigenvalue weighted by Crippen LogP contribution is -2.20. The van der Waals surface area contributed by atoms with Crippen LogP contribution in [0.25, 0.3) is 46.1 Å². The van der Waals surface area contributed by atoms with Crippen LogP contribution in [0.15, 0.2) is 25.3 Å². The lowest BCUT2D eigenvalue weighted by Gasteiger charge is -2.04. The molecule has 0 saturated carbocycles. The molecule has 0 radical (unpaired) electrons. The molecular formula is C22H19N3O2. The predicted octanol–water partition coefficient (Wildman–Crippen LogP) is 4.89. The molecule has 3 N–H and O–H groups in total. The van der Waals surface area contributed by atoms with Gasteiger partial charge in [-0.2, -0.15) is 0 Å². The van der Waals surface area contributed by atoms with Gasteiger partial charge in [0.15, 0.2) is 0 Å². The van der Waals surface area contributed by atoms with Crippen LogP contribution in [0.5, 0.6) is 0 Å². The summed E-state index contributed by atoms with van der Waals surface area (Å²) >= 11 is 0. The van der Waals surface area contributed by atoms with Gasteiger partial charge >= 0.3 is 0 Å². The van der Waals surface area contributed by atoms with E-state index in [-0.39, 0.29) is 11.8 Å². The number of imide groups is 1. The standard InChI is InChI=1S/C22H19N3O2/c1-5-9-13-11(7-3)15-17-18(22(27)25-21(17)26)16-12(8-4)14(10-6-2)24-20(16)19(15)23-13/h5-10,23-24H,3-4H2,1-2H3,(H,25,26,27)/b9-5-,10-6-. The van der Waals surface area contributed by atoms with Crippen molar-refractivity contribution in [1.29, 1.82) is 0 Å². The van der Waals surface area contributed by atoms with Crippen LogP contribution in [0.1, 0.15) is 57.1 Å². The zero-order chi connectivity index (χ0) is 19.3. The van der Waals surface area contributed by atoms with Crippen LogP contribution >= 0.6 is 0 Å². The van der Waals surface area contributed by atoms with Gasteiger partial charge in [0.25, 0.3) is 11.8 Å². The summed E-state index contributed by atoms with van der Waals surface area (Å²) in [6.07, 6.45) is 11.1. The highest BCUT2D eigenvalue weighted by atomic mass is 16.2. The molecule has 2 aromatic heterocycles. The molecule has 27 heavy (non-hydrogen) atoms. The summed E-state index contributed by atoms with van der Waals surface area (Å²) in [5, 5.41) is 3.84. The maximum atomic E-state index is 12.7. The van der Waals surface area contributed by atoms with E-state index in [1.807, 2.05) is 38.2 Å². The number of hydrogen-bond acceptors (Lipinski definition) is 2. The first kappa shape index (κ1) is 16.8. The van der Waals surface area contributed by atoms with Crippen molar-refractivity contribution in [2.45, 2.75) is 13.8 Å². The van der Waals surface area contributed by atoms with Crippen molar-refractivity contribution in [3.63, 3.8) is 0 Å². The van der Waals surface area contributed by atoms with E-state index in [9.17, 15) is 9.59 Å². The second-order valence-corrected chi connectivity index (χ2v) is 6.35. The molecule has 134 valence electrons. The normalized spacial score (nSPS) is 14.0. The topological polar surface area (TPSA) is 77.8 Å². The fraction of sp³-hybridized carbons (Fsp3) is 0.0909. The van der Waals surface area contributed by atoms with E-state index in [2.05, 4.69) is 28.4 Å². The van der Waals surface area contributed by atoms with E-state index in [0.717, 1.165) is 33.5 Å². The number of allylic oxidation sites excluding steroid dienone is 2. The van der Waals surface area contributed by atoms with E-state index in [1.165, 1.54) is 0 Å². The predicted molar refractivity (Wildman–Crippen MR) is 112 cm³/mol. The first-order valence-corrected chi connectivity index (χ1v) is 8.70. The molecule has 5 nitrogen and oxygen atoms in total. The van der Waals surface area contributed by atoms with Crippen LogP contribution < -0.4 is 5.32 Å². The van der Waals surface area contributed by atoms with Gasteiger partial charge in [-0.15, -0.1) is 0 Å². The third-order valence-electron chi connectivity index (χ3n) is 4.89. The molecule has 1 aromatic carbocycles. The van der Waals surface area contributed by atoms with Gasteiger partial charge in [-0.1, -0.05) is 37.5 Å². The Balaban J connectivity index is 2.35. The first-order chi connectivity index (χ1) is 13.1. The molecule has 1 aliphatic heterocycles. The molecule has 3 heterocycles. The SMILES string of the molecule is C=Cc1c(/C=C\C)[nH]c2c1c1c(c3c(C=C)c(/C=C\C)[nH]c32)C(=O)NC1=O. The number of aromatic nitrogens is 2. The Morgan fingerprint density at radius 1 is 0.741 bits per heavy atom. The fourth-order valence-electron chi connectivity index (χ4n) is 3.91. The number of nitrogens with one attached hydrogen (secondary N) is 3. The van der Waals surface area contributed by atoms with Crippen molar-refractivity contribution in [3.05, 3.63) is 59.0 Å². The number of fused-ring (bicyclic) bond motifs is 6. The maximum absolute atomic E-state index is 12.7.